The van der Waals surface area contributed by atoms with E-state index in [0.29, 0.717) is 16.3 Å². The fraction of sp³-hybridized carbons (Fsp3) is 0.222. The lowest BCUT2D eigenvalue weighted by Gasteiger charge is -2.13. The summed E-state index contributed by atoms with van der Waals surface area (Å²) in [4.78, 5) is 25.5. The van der Waals surface area contributed by atoms with Crippen LogP contribution in [0.2, 0.25) is 5.02 Å². The van der Waals surface area contributed by atoms with E-state index in [4.69, 9.17) is 21.1 Å². The molecule has 0 aliphatic rings. The van der Waals surface area contributed by atoms with Gasteiger partial charge in [0.05, 0.1) is 17.7 Å². The number of thioether (sulfide) groups is 1. The maximum atomic E-state index is 12.4. The van der Waals surface area contributed by atoms with Crippen molar-refractivity contribution in [2.24, 2.45) is 0 Å². The molecule has 1 atom stereocenters. The first-order valence-electron chi connectivity index (χ1n) is 7.19. The SMILES string of the molecule is COc1ccc(C(=O)[C@@H](C)OC(=O)c2cc(SC)ccc2Cl)cc1. The Balaban J connectivity index is 2.11. The molecule has 0 N–H and O–H groups in total. The number of carbonyl (C=O) groups excluding carboxylic acids is 2. The second-order valence-corrected chi connectivity index (χ2v) is 6.27. The average Bonchev–Trinajstić information content (AvgIpc) is 2.61. The smallest absolute Gasteiger partial charge is 0.340 e. The molecule has 0 unspecified atom stereocenters. The molecule has 2 aromatic carbocycles. The predicted octanol–water partition coefficient (Wildman–Crippen LogP) is 4.50. The molecule has 0 saturated carbocycles. The topological polar surface area (TPSA) is 52.6 Å². The number of ether oxygens (including phenoxy) is 2. The Hall–Kier alpha value is -1.98. The van der Waals surface area contributed by atoms with Crippen LogP contribution in [0.5, 0.6) is 5.75 Å². The summed E-state index contributed by atoms with van der Waals surface area (Å²) in [5.41, 5.74) is 0.693. The molecule has 0 aliphatic heterocycles. The van der Waals surface area contributed by atoms with Crippen LogP contribution >= 0.6 is 23.4 Å². The summed E-state index contributed by atoms with van der Waals surface area (Å²) in [6.45, 7) is 1.54. The first-order chi connectivity index (χ1) is 11.5. The zero-order chi connectivity index (χ0) is 17.7. The third-order valence-electron chi connectivity index (χ3n) is 3.42. The highest BCUT2D eigenvalue weighted by Crippen LogP contribution is 2.24. The van der Waals surface area contributed by atoms with Crippen LogP contribution in [-0.4, -0.2) is 31.2 Å². The van der Waals surface area contributed by atoms with Gasteiger partial charge in [-0.15, -0.1) is 11.8 Å². The molecule has 0 aromatic heterocycles. The molecular formula is C18H17ClO4S. The van der Waals surface area contributed by atoms with E-state index in [1.807, 2.05) is 12.3 Å². The van der Waals surface area contributed by atoms with Crippen LogP contribution in [0.1, 0.15) is 27.6 Å². The van der Waals surface area contributed by atoms with Crippen LogP contribution in [0.4, 0.5) is 0 Å². The van der Waals surface area contributed by atoms with Crippen LogP contribution in [0, 0.1) is 0 Å². The summed E-state index contributed by atoms with van der Waals surface area (Å²) in [5.74, 6) is -0.259. The van der Waals surface area contributed by atoms with E-state index in [0.717, 1.165) is 4.90 Å². The molecule has 0 saturated heterocycles. The van der Waals surface area contributed by atoms with Gasteiger partial charge in [-0.25, -0.2) is 4.79 Å². The van der Waals surface area contributed by atoms with E-state index in [1.54, 1.807) is 43.5 Å². The van der Waals surface area contributed by atoms with Crippen molar-refractivity contribution in [2.75, 3.05) is 13.4 Å². The normalized spacial score (nSPS) is 11.7. The van der Waals surface area contributed by atoms with Gasteiger partial charge in [0.2, 0.25) is 5.78 Å². The lowest BCUT2D eigenvalue weighted by atomic mass is 10.1. The monoisotopic (exact) mass is 364 g/mol. The Morgan fingerprint density at radius 3 is 2.38 bits per heavy atom. The summed E-state index contributed by atoms with van der Waals surface area (Å²) in [6, 6.07) is 11.7. The first kappa shape index (κ1) is 18.4. The van der Waals surface area contributed by atoms with Crippen molar-refractivity contribution in [2.45, 2.75) is 17.9 Å². The van der Waals surface area contributed by atoms with Gasteiger partial charge >= 0.3 is 5.97 Å². The molecule has 2 aromatic rings. The van der Waals surface area contributed by atoms with Crippen LogP contribution in [0.15, 0.2) is 47.4 Å². The van der Waals surface area contributed by atoms with Crippen LogP contribution in [0.25, 0.3) is 0 Å². The van der Waals surface area contributed by atoms with Crippen molar-refractivity contribution >= 4 is 35.1 Å². The number of Topliss-reactive ketones (excluding diaryl/α,β-unsaturated/α-hetero) is 1. The lowest BCUT2D eigenvalue weighted by Crippen LogP contribution is -2.24. The standard InChI is InChI=1S/C18H17ClO4S/c1-11(17(20)12-4-6-13(22-2)7-5-12)23-18(21)15-10-14(24-3)8-9-16(15)19/h4-11H,1-3H3/t11-/m1/s1. The Bertz CT molecular complexity index is 743. The molecule has 0 heterocycles. The number of carbonyl (C=O) groups is 2. The average molecular weight is 365 g/mol. The van der Waals surface area contributed by atoms with E-state index in [1.165, 1.54) is 18.7 Å². The largest absolute Gasteiger partial charge is 0.497 e. The highest BCUT2D eigenvalue weighted by Gasteiger charge is 2.22. The maximum Gasteiger partial charge on any atom is 0.340 e. The molecule has 0 aliphatic carbocycles. The van der Waals surface area contributed by atoms with Crippen molar-refractivity contribution in [3.8, 4) is 5.75 Å². The summed E-state index contributed by atoms with van der Waals surface area (Å²) in [6.07, 6.45) is 0.980. The van der Waals surface area contributed by atoms with Gasteiger partial charge in [0.15, 0.2) is 6.10 Å². The van der Waals surface area contributed by atoms with Crippen LogP contribution in [0.3, 0.4) is 0 Å². The Morgan fingerprint density at radius 2 is 1.79 bits per heavy atom. The summed E-state index contributed by atoms with van der Waals surface area (Å²) >= 11 is 7.54. The Morgan fingerprint density at radius 1 is 1.12 bits per heavy atom. The van der Waals surface area contributed by atoms with Crippen molar-refractivity contribution in [1.82, 2.24) is 0 Å². The fourth-order valence-corrected chi connectivity index (χ4v) is 2.69. The number of esters is 1. The number of benzene rings is 2. The van der Waals surface area contributed by atoms with E-state index in [2.05, 4.69) is 0 Å². The van der Waals surface area contributed by atoms with Crippen LogP contribution in [-0.2, 0) is 4.74 Å². The van der Waals surface area contributed by atoms with Gasteiger partial charge in [-0.05, 0) is 55.6 Å². The molecule has 0 amide bonds. The number of ketones is 1. The molecular weight excluding hydrogens is 348 g/mol. The predicted molar refractivity (Wildman–Crippen MR) is 95.4 cm³/mol. The minimum Gasteiger partial charge on any atom is -0.497 e. The number of methoxy groups -OCH3 is 1. The van der Waals surface area contributed by atoms with Gasteiger partial charge in [-0.2, -0.15) is 0 Å². The summed E-state index contributed by atoms with van der Waals surface area (Å²) in [7, 11) is 1.55. The van der Waals surface area contributed by atoms with Crippen molar-refractivity contribution in [1.29, 1.82) is 0 Å². The van der Waals surface area contributed by atoms with E-state index >= 15 is 0 Å². The quantitative estimate of drug-likeness (QED) is 0.429. The number of halogens is 1. The molecule has 0 spiro atoms. The van der Waals surface area contributed by atoms with E-state index in [-0.39, 0.29) is 11.3 Å². The molecule has 126 valence electrons. The van der Waals surface area contributed by atoms with Gasteiger partial charge in [0, 0.05) is 10.5 Å². The molecule has 0 radical (unpaired) electrons. The van der Waals surface area contributed by atoms with Gasteiger partial charge in [-0.3, -0.25) is 4.79 Å². The molecule has 2 rings (SSSR count). The second-order valence-electron chi connectivity index (χ2n) is 4.99. The van der Waals surface area contributed by atoms with Crippen molar-refractivity contribution < 1.29 is 19.1 Å². The highest BCUT2D eigenvalue weighted by molar-refractivity contribution is 7.98. The summed E-state index contributed by atoms with van der Waals surface area (Å²) in [5, 5.41) is 0.293. The lowest BCUT2D eigenvalue weighted by molar-refractivity contribution is 0.0318. The number of hydrogen-bond donors (Lipinski definition) is 0. The molecule has 6 heteroatoms. The second kappa shape index (κ2) is 8.22. The number of hydrogen-bond acceptors (Lipinski definition) is 5. The molecule has 0 bridgehead atoms. The molecule has 0 fully saturated rings. The fourth-order valence-electron chi connectivity index (χ4n) is 2.06. The Labute approximate surface area is 150 Å². The van der Waals surface area contributed by atoms with Gasteiger partial charge in [-0.1, -0.05) is 11.6 Å². The zero-order valence-electron chi connectivity index (χ0n) is 13.5. The minimum atomic E-state index is -0.917. The zero-order valence-corrected chi connectivity index (χ0v) is 15.1. The molecule has 24 heavy (non-hydrogen) atoms. The number of rotatable bonds is 6. The van der Waals surface area contributed by atoms with Crippen molar-refractivity contribution in [3.05, 3.63) is 58.6 Å². The maximum absolute atomic E-state index is 12.4. The third-order valence-corrected chi connectivity index (χ3v) is 4.48. The van der Waals surface area contributed by atoms with Crippen LogP contribution < -0.4 is 4.74 Å². The highest BCUT2D eigenvalue weighted by atomic mass is 35.5. The van der Waals surface area contributed by atoms with Gasteiger partial charge in [0.25, 0.3) is 0 Å². The minimum absolute atomic E-state index is 0.248. The first-order valence-corrected chi connectivity index (χ1v) is 8.79. The van der Waals surface area contributed by atoms with Gasteiger partial charge < -0.3 is 9.47 Å². The van der Waals surface area contributed by atoms with Crippen molar-refractivity contribution in [3.63, 3.8) is 0 Å². The summed E-state index contributed by atoms with van der Waals surface area (Å²) < 4.78 is 10.3. The third kappa shape index (κ3) is 4.30. The Kier molecular flexibility index (Phi) is 6.29. The van der Waals surface area contributed by atoms with Gasteiger partial charge in [0.1, 0.15) is 5.75 Å². The molecule has 4 nitrogen and oxygen atoms in total. The van der Waals surface area contributed by atoms with E-state index in [9.17, 15) is 9.59 Å². The van der Waals surface area contributed by atoms with E-state index < -0.39 is 12.1 Å².